The summed E-state index contributed by atoms with van der Waals surface area (Å²) in [4.78, 5) is 30.9. The standard InChI is InChI=1S/C27H34N4O4.BrH/c1-27(2,3)19-12-18(13-22(34-4)25(19)35-11-5-6-23(28)33)21(32)15-31-14-17-9-10-20(16-7-8-16)30-24(17)26(31)29;/h9-10,12-13,16,29H,5-8,11,14-15H2,1-4H3,(H2,28,33);1H. The maximum absolute atomic E-state index is 13.4. The van der Waals surface area contributed by atoms with Crippen LogP contribution in [0.4, 0.5) is 0 Å². The number of carbonyl (C=O) groups excluding carboxylic acids is 2. The first-order valence-electron chi connectivity index (χ1n) is 12.1. The summed E-state index contributed by atoms with van der Waals surface area (Å²) in [5.74, 6) is 1.38. The molecule has 9 heteroatoms. The van der Waals surface area contributed by atoms with Crippen molar-refractivity contribution in [2.75, 3.05) is 20.3 Å². The monoisotopic (exact) mass is 558 g/mol. The molecule has 194 valence electrons. The Balaban J connectivity index is 0.00000361. The van der Waals surface area contributed by atoms with E-state index in [2.05, 4.69) is 6.07 Å². The van der Waals surface area contributed by atoms with Crippen molar-refractivity contribution in [3.63, 3.8) is 0 Å². The normalized spacial score (nSPS) is 14.8. The number of nitrogens with one attached hydrogen (secondary N) is 1. The molecular formula is C27H35BrN4O4. The molecule has 0 unspecified atom stereocenters. The SMILES string of the molecule is Br.COc1cc(C(=O)CN2Cc3ccc(C4CC4)nc3C2=N)cc(C(C)(C)C)c1OCCCC(N)=O. The Morgan fingerprint density at radius 2 is 1.94 bits per heavy atom. The molecule has 0 bridgehead atoms. The first-order valence-corrected chi connectivity index (χ1v) is 12.1. The number of hydrogen-bond acceptors (Lipinski definition) is 6. The van der Waals surface area contributed by atoms with Gasteiger partial charge in [0.15, 0.2) is 17.3 Å². The van der Waals surface area contributed by atoms with Crippen LogP contribution in [0, 0.1) is 5.41 Å². The van der Waals surface area contributed by atoms with Crippen molar-refractivity contribution in [1.82, 2.24) is 9.88 Å². The van der Waals surface area contributed by atoms with E-state index in [0.29, 0.717) is 54.1 Å². The average Bonchev–Trinajstić information content (AvgIpc) is 3.61. The van der Waals surface area contributed by atoms with Gasteiger partial charge < -0.3 is 20.1 Å². The third-order valence-corrected chi connectivity index (χ3v) is 6.45. The number of methoxy groups -OCH3 is 1. The third kappa shape index (κ3) is 6.06. The molecule has 1 amide bonds. The summed E-state index contributed by atoms with van der Waals surface area (Å²) in [5, 5.41) is 8.61. The summed E-state index contributed by atoms with van der Waals surface area (Å²) >= 11 is 0. The maximum atomic E-state index is 13.4. The van der Waals surface area contributed by atoms with Gasteiger partial charge in [-0.3, -0.25) is 15.0 Å². The van der Waals surface area contributed by atoms with Crippen molar-refractivity contribution in [3.8, 4) is 11.5 Å². The highest BCUT2D eigenvalue weighted by molar-refractivity contribution is 8.93. The van der Waals surface area contributed by atoms with E-state index in [1.807, 2.05) is 32.9 Å². The number of amides is 1. The van der Waals surface area contributed by atoms with Crippen molar-refractivity contribution in [1.29, 1.82) is 5.41 Å². The molecule has 0 atom stereocenters. The van der Waals surface area contributed by atoms with E-state index in [4.69, 9.17) is 25.6 Å². The van der Waals surface area contributed by atoms with E-state index in [1.54, 1.807) is 18.1 Å². The molecule has 1 saturated carbocycles. The number of ketones is 1. The van der Waals surface area contributed by atoms with Crippen LogP contribution in [0.3, 0.4) is 0 Å². The fourth-order valence-corrected chi connectivity index (χ4v) is 4.32. The quantitative estimate of drug-likeness (QED) is 0.327. The number of rotatable bonds is 10. The van der Waals surface area contributed by atoms with E-state index in [0.717, 1.165) is 29.7 Å². The number of pyridine rings is 1. The van der Waals surface area contributed by atoms with Crippen molar-refractivity contribution in [2.24, 2.45) is 5.73 Å². The Morgan fingerprint density at radius 3 is 2.56 bits per heavy atom. The van der Waals surface area contributed by atoms with Crippen LogP contribution >= 0.6 is 17.0 Å². The minimum absolute atomic E-state index is 0. The van der Waals surface area contributed by atoms with Gasteiger partial charge in [0.1, 0.15) is 11.5 Å². The lowest BCUT2D eigenvalue weighted by molar-refractivity contribution is -0.118. The van der Waals surface area contributed by atoms with Gasteiger partial charge in [-0.2, -0.15) is 0 Å². The lowest BCUT2D eigenvalue weighted by Crippen LogP contribution is -2.30. The highest BCUT2D eigenvalue weighted by Crippen LogP contribution is 2.41. The van der Waals surface area contributed by atoms with Crippen molar-refractivity contribution in [2.45, 2.75) is 64.3 Å². The number of nitrogens with two attached hydrogens (primary N) is 1. The summed E-state index contributed by atoms with van der Waals surface area (Å²) in [6.45, 7) is 7.03. The highest BCUT2D eigenvalue weighted by Gasteiger charge is 2.32. The summed E-state index contributed by atoms with van der Waals surface area (Å²) in [6, 6.07) is 7.64. The van der Waals surface area contributed by atoms with E-state index >= 15 is 0 Å². The number of nitrogens with zero attached hydrogens (tertiary/aromatic N) is 2. The molecule has 2 aromatic rings. The molecule has 0 saturated heterocycles. The lowest BCUT2D eigenvalue weighted by atomic mass is 9.84. The molecule has 1 fully saturated rings. The van der Waals surface area contributed by atoms with E-state index < -0.39 is 0 Å². The van der Waals surface area contributed by atoms with Crippen LogP contribution in [-0.4, -0.2) is 47.7 Å². The molecule has 3 N–H and O–H groups in total. The number of amidine groups is 1. The molecule has 0 spiro atoms. The van der Waals surface area contributed by atoms with Crippen LogP contribution in [0.1, 0.15) is 85.2 Å². The van der Waals surface area contributed by atoms with Gasteiger partial charge in [0.05, 0.1) is 20.3 Å². The number of Topliss-reactive ketones (excluding diaryl/α,β-unsaturated/α-hetero) is 1. The van der Waals surface area contributed by atoms with Gasteiger partial charge in [-0.25, -0.2) is 4.98 Å². The molecule has 2 aliphatic rings. The van der Waals surface area contributed by atoms with Crippen LogP contribution in [0.25, 0.3) is 0 Å². The Labute approximate surface area is 222 Å². The smallest absolute Gasteiger partial charge is 0.217 e. The predicted molar refractivity (Wildman–Crippen MR) is 144 cm³/mol. The minimum atomic E-state index is -0.369. The number of halogens is 1. The first kappa shape index (κ1) is 27.6. The summed E-state index contributed by atoms with van der Waals surface area (Å²) in [6.07, 6.45) is 3.05. The fourth-order valence-electron chi connectivity index (χ4n) is 4.32. The predicted octanol–water partition coefficient (Wildman–Crippen LogP) is 4.51. The topological polar surface area (TPSA) is 119 Å². The molecule has 4 rings (SSSR count). The Hall–Kier alpha value is -2.94. The van der Waals surface area contributed by atoms with Crippen LogP contribution < -0.4 is 15.2 Å². The zero-order valence-electron chi connectivity index (χ0n) is 21.3. The molecule has 2 heterocycles. The Kier molecular flexibility index (Phi) is 8.44. The number of benzene rings is 1. The lowest BCUT2D eigenvalue weighted by Gasteiger charge is -2.26. The van der Waals surface area contributed by atoms with Gasteiger partial charge in [0, 0.05) is 41.3 Å². The van der Waals surface area contributed by atoms with Gasteiger partial charge in [-0.1, -0.05) is 26.8 Å². The van der Waals surface area contributed by atoms with Crippen LogP contribution in [0.5, 0.6) is 11.5 Å². The zero-order chi connectivity index (χ0) is 25.3. The third-order valence-electron chi connectivity index (χ3n) is 6.45. The molecule has 8 nitrogen and oxygen atoms in total. The van der Waals surface area contributed by atoms with Crippen molar-refractivity contribution < 1.29 is 19.1 Å². The van der Waals surface area contributed by atoms with Crippen molar-refractivity contribution in [3.05, 3.63) is 52.3 Å². The molecule has 1 aromatic heterocycles. The number of ether oxygens (including phenoxy) is 2. The molecular weight excluding hydrogens is 524 g/mol. The van der Waals surface area contributed by atoms with Crippen LogP contribution in [0.2, 0.25) is 0 Å². The minimum Gasteiger partial charge on any atom is -0.493 e. The second-order valence-corrected chi connectivity index (χ2v) is 10.4. The van der Waals surface area contributed by atoms with E-state index in [1.165, 1.54) is 0 Å². The number of carbonyl (C=O) groups is 2. The summed E-state index contributed by atoms with van der Waals surface area (Å²) < 4.78 is 11.6. The summed E-state index contributed by atoms with van der Waals surface area (Å²) in [7, 11) is 1.54. The van der Waals surface area contributed by atoms with Crippen LogP contribution in [0.15, 0.2) is 24.3 Å². The number of fused-ring (bicyclic) bond motifs is 1. The molecule has 36 heavy (non-hydrogen) atoms. The average molecular weight is 560 g/mol. The maximum Gasteiger partial charge on any atom is 0.217 e. The van der Waals surface area contributed by atoms with Gasteiger partial charge in [-0.05, 0) is 42.9 Å². The molecule has 1 aromatic carbocycles. The van der Waals surface area contributed by atoms with Crippen LogP contribution in [-0.2, 0) is 16.8 Å². The van der Waals surface area contributed by atoms with E-state index in [-0.39, 0.29) is 47.1 Å². The number of aromatic nitrogens is 1. The van der Waals surface area contributed by atoms with Gasteiger partial charge in [0.2, 0.25) is 5.91 Å². The first-order chi connectivity index (χ1) is 16.6. The van der Waals surface area contributed by atoms with Gasteiger partial charge in [-0.15, -0.1) is 17.0 Å². The van der Waals surface area contributed by atoms with Crippen molar-refractivity contribution >= 4 is 34.5 Å². The Morgan fingerprint density at radius 1 is 1.22 bits per heavy atom. The number of hydrogen-bond donors (Lipinski definition) is 2. The van der Waals surface area contributed by atoms with Gasteiger partial charge >= 0.3 is 0 Å². The second-order valence-electron chi connectivity index (χ2n) is 10.4. The zero-order valence-corrected chi connectivity index (χ0v) is 23.1. The molecule has 1 aliphatic carbocycles. The number of primary amides is 1. The summed E-state index contributed by atoms with van der Waals surface area (Å²) in [5.41, 5.74) is 8.98. The second kappa shape index (κ2) is 11.0. The molecule has 1 aliphatic heterocycles. The largest absolute Gasteiger partial charge is 0.493 e. The van der Waals surface area contributed by atoms with E-state index in [9.17, 15) is 9.59 Å². The fraction of sp³-hybridized carbons (Fsp3) is 0.481. The Bertz CT molecular complexity index is 1170. The highest BCUT2D eigenvalue weighted by atomic mass is 79.9. The van der Waals surface area contributed by atoms with Gasteiger partial charge in [0.25, 0.3) is 0 Å². The molecule has 0 radical (unpaired) electrons.